The van der Waals surface area contributed by atoms with Crippen LogP contribution >= 0.6 is 0 Å². The van der Waals surface area contributed by atoms with Crippen LogP contribution in [-0.2, 0) is 21.4 Å². The smallest absolute Gasteiger partial charge is 0.230 e. The van der Waals surface area contributed by atoms with Crippen molar-refractivity contribution >= 4 is 5.91 Å². The van der Waals surface area contributed by atoms with Gasteiger partial charge in [0.25, 0.3) is 0 Å². The van der Waals surface area contributed by atoms with Gasteiger partial charge in [0.1, 0.15) is 5.75 Å². The lowest BCUT2D eigenvalue weighted by Crippen LogP contribution is -2.47. The molecule has 1 saturated carbocycles. The molecule has 216 valence electrons. The van der Waals surface area contributed by atoms with Crippen LogP contribution in [0, 0.1) is 11.8 Å². The molecule has 3 atom stereocenters. The number of hydrogen-bond acceptors (Lipinski definition) is 7. The topological polar surface area (TPSA) is 112 Å². The Balaban J connectivity index is 1.55. The molecule has 8 nitrogen and oxygen atoms in total. The fraction of sp³-hybridized carbons (Fsp3) is 0.581. The number of hydrogen-bond donors (Lipinski definition) is 3. The Morgan fingerprint density at radius 1 is 1.03 bits per heavy atom. The lowest BCUT2D eigenvalue weighted by atomic mass is 9.83. The van der Waals surface area contributed by atoms with Gasteiger partial charge >= 0.3 is 0 Å². The van der Waals surface area contributed by atoms with Gasteiger partial charge in [0.2, 0.25) is 5.91 Å². The van der Waals surface area contributed by atoms with Gasteiger partial charge < -0.3 is 35.1 Å². The number of carbonyl (C=O) groups excluding carboxylic acids is 1. The maximum absolute atomic E-state index is 13.1. The Labute approximate surface area is 233 Å². The predicted octanol–water partition coefficient (Wildman–Crippen LogP) is 3.86. The number of amides is 1. The van der Waals surface area contributed by atoms with E-state index in [4.69, 9.17) is 24.7 Å². The molecule has 0 radical (unpaired) electrons. The third-order valence-electron chi connectivity index (χ3n) is 7.79. The minimum absolute atomic E-state index is 0.0596. The second-order valence-electron chi connectivity index (χ2n) is 10.9. The van der Waals surface area contributed by atoms with E-state index in [1.807, 2.05) is 42.5 Å². The van der Waals surface area contributed by atoms with Crippen LogP contribution in [0.3, 0.4) is 0 Å². The van der Waals surface area contributed by atoms with Gasteiger partial charge in [-0.3, -0.25) is 4.79 Å². The number of benzene rings is 2. The van der Waals surface area contributed by atoms with Crippen LogP contribution in [0.1, 0.15) is 50.7 Å². The number of rotatable bonds is 17. The monoisotopic (exact) mass is 542 g/mol. The van der Waals surface area contributed by atoms with E-state index in [1.165, 1.54) is 0 Å². The quantitative estimate of drug-likeness (QED) is 0.260. The van der Waals surface area contributed by atoms with Gasteiger partial charge in [-0.05, 0) is 72.9 Å². The fourth-order valence-corrected chi connectivity index (χ4v) is 4.95. The first kappa shape index (κ1) is 30.7. The second-order valence-corrected chi connectivity index (χ2v) is 10.9. The molecular weight excluding hydrogens is 496 g/mol. The van der Waals surface area contributed by atoms with Crippen LogP contribution in [0.15, 0.2) is 42.5 Å². The molecule has 1 amide bonds. The number of nitrogens with one attached hydrogen (secondary N) is 1. The Morgan fingerprint density at radius 3 is 2.33 bits per heavy atom. The second kappa shape index (κ2) is 14.5. The molecule has 3 rings (SSSR count). The Hall–Kier alpha value is -2.81. The lowest BCUT2D eigenvalue weighted by Gasteiger charge is -2.28. The van der Waals surface area contributed by atoms with E-state index in [1.54, 1.807) is 21.3 Å². The highest BCUT2D eigenvalue weighted by Crippen LogP contribution is 2.48. The van der Waals surface area contributed by atoms with Crippen molar-refractivity contribution in [2.45, 2.75) is 63.5 Å². The Kier molecular flexibility index (Phi) is 11.5. The van der Waals surface area contributed by atoms with Crippen molar-refractivity contribution in [2.75, 3.05) is 41.1 Å². The van der Waals surface area contributed by atoms with Crippen LogP contribution in [0.25, 0.3) is 0 Å². The van der Waals surface area contributed by atoms with Gasteiger partial charge in [-0.25, -0.2) is 0 Å². The molecule has 2 aromatic rings. The maximum Gasteiger partial charge on any atom is 0.230 e. The standard InChI is InChI=1S/C31H46N2O6/c1-21(2)23(17-22-7-12-28(38-5)29(18-22)39-16-6-15-36-3)19-26(32)27(34)20-33-30(35)31(13-14-31)24-8-10-25(37-4)11-9-24/h7-12,18,21,23,26-27,34H,6,13-17,19-20,32H2,1-5H3,(H,33,35). The van der Waals surface area contributed by atoms with Gasteiger partial charge in [0.15, 0.2) is 11.5 Å². The molecule has 1 aliphatic carbocycles. The van der Waals surface area contributed by atoms with Gasteiger partial charge in [-0.15, -0.1) is 0 Å². The number of carbonyl (C=O) groups is 1. The fourth-order valence-electron chi connectivity index (χ4n) is 4.95. The van der Waals surface area contributed by atoms with E-state index < -0.39 is 17.6 Å². The third-order valence-corrected chi connectivity index (χ3v) is 7.79. The molecule has 0 saturated heterocycles. The summed E-state index contributed by atoms with van der Waals surface area (Å²) in [5, 5.41) is 13.8. The van der Waals surface area contributed by atoms with Crippen molar-refractivity contribution in [3.63, 3.8) is 0 Å². The summed E-state index contributed by atoms with van der Waals surface area (Å²) in [5.41, 5.74) is 8.04. The van der Waals surface area contributed by atoms with Gasteiger partial charge in [-0.1, -0.05) is 32.0 Å². The summed E-state index contributed by atoms with van der Waals surface area (Å²) in [6.07, 6.45) is 2.98. The molecule has 0 bridgehead atoms. The first-order valence-corrected chi connectivity index (χ1v) is 13.9. The zero-order chi connectivity index (χ0) is 28.4. The zero-order valence-corrected chi connectivity index (χ0v) is 24.1. The Bertz CT molecular complexity index is 1040. The summed E-state index contributed by atoms with van der Waals surface area (Å²) in [5.74, 6) is 2.71. The maximum atomic E-state index is 13.1. The molecule has 2 aromatic carbocycles. The van der Waals surface area contributed by atoms with Crippen molar-refractivity contribution < 1.29 is 28.8 Å². The summed E-state index contributed by atoms with van der Waals surface area (Å²) in [6.45, 7) is 5.65. The van der Waals surface area contributed by atoms with E-state index >= 15 is 0 Å². The Morgan fingerprint density at radius 2 is 1.74 bits per heavy atom. The van der Waals surface area contributed by atoms with Crippen LogP contribution in [0.5, 0.6) is 17.2 Å². The van der Waals surface area contributed by atoms with Crippen molar-refractivity contribution in [2.24, 2.45) is 17.6 Å². The van der Waals surface area contributed by atoms with Crippen LogP contribution in [0.4, 0.5) is 0 Å². The van der Waals surface area contributed by atoms with Crippen molar-refractivity contribution in [1.29, 1.82) is 0 Å². The van der Waals surface area contributed by atoms with E-state index in [0.717, 1.165) is 42.6 Å². The highest BCUT2D eigenvalue weighted by atomic mass is 16.5. The van der Waals surface area contributed by atoms with Gasteiger partial charge in [-0.2, -0.15) is 0 Å². The van der Waals surface area contributed by atoms with Crippen LogP contribution in [-0.4, -0.2) is 64.2 Å². The van der Waals surface area contributed by atoms with E-state index in [2.05, 4.69) is 19.2 Å². The molecule has 1 fully saturated rings. The molecule has 4 N–H and O–H groups in total. The van der Waals surface area contributed by atoms with Crippen molar-refractivity contribution in [3.05, 3.63) is 53.6 Å². The van der Waals surface area contributed by atoms with Gasteiger partial charge in [0.05, 0.1) is 32.3 Å². The summed E-state index contributed by atoms with van der Waals surface area (Å²) in [4.78, 5) is 13.1. The van der Waals surface area contributed by atoms with Crippen LogP contribution < -0.4 is 25.3 Å². The molecule has 39 heavy (non-hydrogen) atoms. The number of aliphatic hydroxyl groups excluding tert-OH is 1. The van der Waals surface area contributed by atoms with Crippen molar-refractivity contribution in [1.82, 2.24) is 5.32 Å². The molecule has 0 heterocycles. The molecule has 0 aliphatic heterocycles. The van der Waals surface area contributed by atoms with Crippen LogP contribution in [0.2, 0.25) is 0 Å². The third kappa shape index (κ3) is 8.34. The lowest BCUT2D eigenvalue weighted by molar-refractivity contribution is -0.124. The first-order chi connectivity index (χ1) is 18.7. The number of aliphatic hydroxyl groups is 1. The molecule has 0 spiro atoms. The normalized spacial score (nSPS) is 16.3. The molecule has 0 aromatic heterocycles. The summed E-state index contributed by atoms with van der Waals surface area (Å²) < 4.78 is 21.7. The number of methoxy groups -OCH3 is 3. The average molecular weight is 543 g/mol. The van der Waals surface area contributed by atoms with Crippen molar-refractivity contribution in [3.8, 4) is 17.2 Å². The minimum atomic E-state index is -0.836. The average Bonchev–Trinajstić information content (AvgIpc) is 3.76. The zero-order valence-electron chi connectivity index (χ0n) is 24.1. The number of ether oxygens (including phenoxy) is 4. The molecule has 3 unspecified atom stereocenters. The predicted molar refractivity (Wildman–Crippen MR) is 153 cm³/mol. The first-order valence-electron chi connectivity index (χ1n) is 13.9. The highest BCUT2D eigenvalue weighted by Gasteiger charge is 2.51. The minimum Gasteiger partial charge on any atom is -0.497 e. The largest absolute Gasteiger partial charge is 0.497 e. The summed E-state index contributed by atoms with van der Waals surface area (Å²) in [7, 11) is 4.93. The molecule has 8 heteroatoms. The SMILES string of the molecule is COCCCOc1cc(CC(CC(N)C(O)CNC(=O)C2(c3ccc(OC)cc3)CC2)C(C)C)ccc1OC. The summed E-state index contributed by atoms with van der Waals surface area (Å²) in [6, 6.07) is 13.2. The number of nitrogens with two attached hydrogens (primary N) is 1. The highest BCUT2D eigenvalue weighted by molar-refractivity contribution is 5.91. The van der Waals surface area contributed by atoms with E-state index in [0.29, 0.717) is 37.1 Å². The molecule has 1 aliphatic rings. The van der Waals surface area contributed by atoms with E-state index in [9.17, 15) is 9.90 Å². The van der Waals surface area contributed by atoms with Gasteiger partial charge in [0, 0.05) is 32.7 Å². The van der Waals surface area contributed by atoms with E-state index in [-0.39, 0.29) is 18.4 Å². The summed E-state index contributed by atoms with van der Waals surface area (Å²) >= 11 is 0. The molecular formula is C31H46N2O6.